The van der Waals surface area contributed by atoms with Crippen LogP contribution in [0.25, 0.3) is 0 Å². The second-order valence-electron chi connectivity index (χ2n) is 4.96. The van der Waals surface area contributed by atoms with Gasteiger partial charge in [-0.2, -0.15) is 13.2 Å². The van der Waals surface area contributed by atoms with Gasteiger partial charge in [0.15, 0.2) is 0 Å². The summed E-state index contributed by atoms with van der Waals surface area (Å²) in [6, 6.07) is 6.82. The highest BCUT2D eigenvalue weighted by Crippen LogP contribution is 2.33. The van der Waals surface area contributed by atoms with Crippen molar-refractivity contribution in [1.82, 2.24) is 0 Å². The van der Waals surface area contributed by atoms with E-state index in [0.29, 0.717) is 5.69 Å². The lowest BCUT2D eigenvalue weighted by atomic mass is 9.97. The summed E-state index contributed by atoms with van der Waals surface area (Å²) in [6.07, 6.45) is -5.20. The van der Waals surface area contributed by atoms with Gasteiger partial charge in [0.2, 0.25) is 5.91 Å². The van der Waals surface area contributed by atoms with Crippen LogP contribution in [0.5, 0.6) is 0 Å². The maximum absolute atomic E-state index is 12.6. The van der Waals surface area contributed by atoms with Gasteiger partial charge in [-0.05, 0) is 32.4 Å². The smallest absolute Gasteiger partial charge is 0.285 e. The van der Waals surface area contributed by atoms with Crippen molar-refractivity contribution in [2.24, 2.45) is 0 Å². The maximum Gasteiger partial charge on any atom is 0.454 e. The molecule has 1 aromatic rings. The van der Waals surface area contributed by atoms with E-state index in [1.165, 1.54) is 11.8 Å². The standard InChI is InChI=1S/C15H14F3NO2/c1-9-3-5-11(6-4-9)19-10(2)12(7-8-13(19)20)14(21)15(16,17)18/h3-6H,7-8H2,1-2H3. The van der Waals surface area contributed by atoms with Gasteiger partial charge < -0.3 is 0 Å². The number of rotatable bonds is 2. The van der Waals surface area contributed by atoms with Crippen LogP contribution in [0.3, 0.4) is 0 Å². The average molecular weight is 297 g/mol. The number of ketones is 1. The largest absolute Gasteiger partial charge is 0.454 e. The molecule has 1 amide bonds. The van der Waals surface area contributed by atoms with Gasteiger partial charge in [0.05, 0.1) is 0 Å². The predicted molar refractivity (Wildman–Crippen MR) is 71.7 cm³/mol. The van der Waals surface area contributed by atoms with E-state index in [1.807, 2.05) is 6.92 Å². The number of hydrogen-bond donors (Lipinski definition) is 0. The van der Waals surface area contributed by atoms with Crippen molar-refractivity contribution >= 4 is 17.4 Å². The zero-order valence-corrected chi connectivity index (χ0v) is 11.6. The van der Waals surface area contributed by atoms with E-state index < -0.39 is 12.0 Å². The lowest BCUT2D eigenvalue weighted by Crippen LogP contribution is -2.37. The third kappa shape index (κ3) is 2.99. The number of alkyl halides is 3. The molecule has 0 spiro atoms. The Morgan fingerprint density at radius 3 is 2.19 bits per heavy atom. The van der Waals surface area contributed by atoms with Crippen molar-refractivity contribution in [2.45, 2.75) is 32.9 Å². The van der Waals surface area contributed by atoms with Crippen LogP contribution in [-0.2, 0) is 9.59 Å². The van der Waals surface area contributed by atoms with Crippen LogP contribution in [-0.4, -0.2) is 17.9 Å². The monoisotopic (exact) mass is 297 g/mol. The molecule has 0 aliphatic carbocycles. The summed E-state index contributed by atoms with van der Waals surface area (Å²) in [6.45, 7) is 3.24. The van der Waals surface area contributed by atoms with Gasteiger partial charge in [0.1, 0.15) is 0 Å². The predicted octanol–water partition coefficient (Wildman–Crippen LogP) is 3.53. The third-order valence-electron chi connectivity index (χ3n) is 3.43. The van der Waals surface area contributed by atoms with Crippen LogP contribution in [0.15, 0.2) is 35.5 Å². The highest BCUT2D eigenvalue weighted by atomic mass is 19.4. The Hall–Kier alpha value is -2.11. The number of nitrogens with zero attached hydrogens (tertiary/aromatic N) is 1. The van der Waals surface area contributed by atoms with Gasteiger partial charge in [-0.3, -0.25) is 14.5 Å². The molecule has 0 atom stereocenters. The van der Waals surface area contributed by atoms with Crippen LogP contribution in [0, 0.1) is 6.92 Å². The molecular weight excluding hydrogens is 283 g/mol. The SMILES string of the molecule is CC1=C(C(=O)C(F)(F)F)CCC(=O)N1c1ccc(C)cc1. The second kappa shape index (κ2) is 5.35. The number of halogens is 3. The van der Waals surface area contributed by atoms with E-state index in [2.05, 4.69) is 0 Å². The highest BCUT2D eigenvalue weighted by molar-refractivity contribution is 6.06. The number of allylic oxidation sites excluding steroid dienone is 2. The summed E-state index contributed by atoms with van der Waals surface area (Å²) < 4.78 is 37.8. The lowest BCUT2D eigenvalue weighted by Gasteiger charge is -2.30. The first-order valence-corrected chi connectivity index (χ1v) is 6.42. The van der Waals surface area contributed by atoms with E-state index >= 15 is 0 Å². The third-order valence-corrected chi connectivity index (χ3v) is 3.43. The van der Waals surface area contributed by atoms with Crippen LogP contribution >= 0.6 is 0 Å². The summed E-state index contributed by atoms with van der Waals surface area (Å²) in [5, 5.41) is 0. The topological polar surface area (TPSA) is 37.4 Å². The Morgan fingerprint density at radius 2 is 1.67 bits per heavy atom. The van der Waals surface area contributed by atoms with Gasteiger partial charge in [-0.25, -0.2) is 0 Å². The van der Waals surface area contributed by atoms with E-state index in [9.17, 15) is 22.8 Å². The molecule has 112 valence electrons. The summed E-state index contributed by atoms with van der Waals surface area (Å²) in [5.74, 6) is -2.18. The van der Waals surface area contributed by atoms with Crippen molar-refractivity contribution in [3.8, 4) is 0 Å². The molecule has 0 bridgehead atoms. The van der Waals surface area contributed by atoms with Crippen molar-refractivity contribution in [3.05, 3.63) is 41.1 Å². The fraction of sp³-hybridized carbons (Fsp3) is 0.333. The minimum absolute atomic E-state index is 0.0532. The number of aryl methyl sites for hydroxylation is 1. The molecule has 6 heteroatoms. The molecule has 0 N–H and O–H groups in total. The fourth-order valence-corrected chi connectivity index (χ4v) is 2.33. The molecule has 0 fully saturated rings. The Morgan fingerprint density at radius 1 is 1.10 bits per heavy atom. The Labute approximate surface area is 120 Å². The Kier molecular flexibility index (Phi) is 3.89. The van der Waals surface area contributed by atoms with Gasteiger partial charge >= 0.3 is 6.18 Å². The van der Waals surface area contributed by atoms with Crippen molar-refractivity contribution < 1.29 is 22.8 Å². The molecule has 1 aliphatic heterocycles. The van der Waals surface area contributed by atoms with E-state index in [0.717, 1.165) is 5.56 Å². The van der Waals surface area contributed by atoms with E-state index in [-0.39, 0.29) is 30.0 Å². The molecular formula is C15H14F3NO2. The molecule has 1 heterocycles. The Balaban J connectivity index is 2.47. The summed E-state index contributed by atoms with van der Waals surface area (Å²) in [5.41, 5.74) is 1.15. The summed E-state index contributed by atoms with van der Waals surface area (Å²) >= 11 is 0. The maximum atomic E-state index is 12.6. The van der Waals surface area contributed by atoms with Gasteiger partial charge in [-0.1, -0.05) is 17.7 Å². The first kappa shape index (κ1) is 15.3. The van der Waals surface area contributed by atoms with Crippen molar-refractivity contribution in [3.63, 3.8) is 0 Å². The van der Waals surface area contributed by atoms with Crippen molar-refractivity contribution in [1.29, 1.82) is 0 Å². The van der Waals surface area contributed by atoms with Gasteiger partial charge in [0, 0.05) is 23.4 Å². The first-order valence-electron chi connectivity index (χ1n) is 6.42. The highest BCUT2D eigenvalue weighted by Gasteiger charge is 2.43. The minimum atomic E-state index is -4.92. The number of amides is 1. The number of anilines is 1. The fourth-order valence-electron chi connectivity index (χ4n) is 2.33. The lowest BCUT2D eigenvalue weighted by molar-refractivity contribution is -0.166. The molecule has 0 radical (unpaired) electrons. The van der Waals surface area contributed by atoms with Crippen LogP contribution in [0.2, 0.25) is 0 Å². The quantitative estimate of drug-likeness (QED) is 0.837. The molecule has 0 saturated heterocycles. The second-order valence-corrected chi connectivity index (χ2v) is 4.96. The Bertz CT molecular complexity index is 615. The van der Waals surface area contributed by atoms with Gasteiger partial charge in [0.25, 0.3) is 5.78 Å². The zero-order valence-electron chi connectivity index (χ0n) is 11.6. The molecule has 0 saturated carbocycles. The van der Waals surface area contributed by atoms with Crippen LogP contribution in [0.1, 0.15) is 25.3 Å². The number of carbonyl (C=O) groups excluding carboxylic acids is 2. The number of carbonyl (C=O) groups is 2. The van der Waals surface area contributed by atoms with E-state index in [1.54, 1.807) is 24.3 Å². The number of hydrogen-bond acceptors (Lipinski definition) is 2. The molecule has 21 heavy (non-hydrogen) atoms. The van der Waals surface area contributed by atoms with Crippen molar-refractivity contribution in [2.75, 3.05) is 4.90 Å². The van der Waals surface area contributed by atoms with Crippen LogP contribution in [0.4, 0.5) is 18.9 Å². The normalized spacial score (nSPS) is 16.4. The zero-order chi connectivity index (χ0) is 15.8. The molecule has 1 aliphatic rings. The summed E-state index contributed by atoms with van der Waals surface area (Å²) in [7, 11) is 0. The molecule has 0 unspecified atom stereocenters. The molecule has 0 aromatic heterocycles. The molecule has 1 aromatic carbocycles. The molecule has 2 rings (SSSR count). The number of Topliss-reactive ketones (excluding diaryl/α,β-unsaturated/α-hetero) is 1. The molecule has 3 nitrogen and oxygen atoms in total. The summed E-state index contributed by atoms with van der Waals surface area (Å²) in [4.78, 5) is 24.6. The minimum Gasteiger partial charge on any atom is -0.285 e. The van der Waals surface area contributed by atoms with E-state index in [4.69, 9.17) is 0 Å². The number of benzene rings is 1. The van der Waals surface area contributed by atoms with Gasteiger partial charge in [-0.15, -0.1) is 0 Å². The first-order chi connectivity index (χ1) is 9.71. The average Bonchev–Trinajstić information content (AvgIpc) is 2.39. The van der Waals surface area contributed by atoms with Crippen LogP contribution < -0.4 is 4.90 Å².